The Kier molecular flexibility index (Phi) is 6.89. The zero-order valence-corrected chi connectivity index (χ0v) is 13.5. The zero-order valence-electron chi connectivity index (χ0n) is 13.5. The summed E-state index contributed by atoms with van der Waals surface area (Å²) in [6.45, 7) is 1.18. The van der Waals surface area contributed by atoms with Gasteiger partial charge in [-0.3, -0.25) is 0 Å². The summed E-state index contributed by atoms with van der Waals surface area (Å²) in [4.78, 5) is 11.7. The van der Waals surface area contributed by atoms with Gasteiger partial charge in [0.25, 0.3) is 0 Å². The van der Waals surface area contributed by atoms with Gasteiger partial charge in [0.15, 0.2) is 11.6 Å². The van der Waals surface area contributed by atoms with Gasteiger partial charge in [-0.1, -0.05) is 24.3 Å². The quantitative estimate of drug-likeness (QED) is 0.730. The molecule has 2 amide bonds. The summed E-state index contributed by atoms with van der Waals surface area (Å²) in [7, 11) is 1.60. The van der Waals surface area contributed by atoms with Gasteiger partial charge in [0.1, 0.15) is 5.75 Å². The summed E-state index contributed by atoms with van der Waals surface area (Å²) < 4.78 is 23.8. The molecule has 2 aromatic rings. The van der Waals surface area contributed by atoms with E-state index in [0.29, 0.717) is 26.1 Å². The molecule has 0 bridgehead atoms. The topological polar surface area (TPSA) is 59.6 Å². The van der Waals surface area contributed by atoms with Crippen LogP contribution in [-0.4, -0.2) is 26.3 Å². The van der Waals surface area contributed by atoms with Crippen LogP contribution in [0, 0.1) is 5.82 Å². The molecule has 0 spiro atoms. The second kappa shape index (κ2) is 9.39. The molecule has 0 aliphatic rings. The highest BCUT2D eigenvalue weighted by Crippen LogP contribution is 2.15. The van der Waals surface area contributed by atoms with Crippen molar-refractivity contribution in [2.75, 3.05) is 20.3 Å². The van der Waals surface area contributed by atoms with Crippen molar-refractivity contribution in [3.05, 3.63) is 59.9 Å². The number of nitrogens with one attached hydrogen (secondary N) is 2. The second-order valence-electron chi connectivity index (χ2n) is 5.09. The highest BCUT2D eigenvalue weighted by atomic mass is 19.1. The predicted molar refractivity (Wildman–Crippen MR) is 89.7 cm³/mol. The summed E-state index contributed by atoms with van der Waals surface area (Å²) in [6, 6.07) is 13.5. The Balaban J connectivity index is 1.60. The molecule has 0 heterocycles. The van der Waals surface area contributed by atoms with E-state index in [9.17, 15) is 9.18 Å². The van der Waals surface area contributed by atoms with E-state index in [0.717, 1.165) is 11.3 Å². The van der Waals surface area contributed by atoms with Crippen molar-refractivity contribution in [3.8, 4) is 11.5 Å². The number of halogens is 1. The van der Waals surface area contributed by atoms with Gasteiger partial charge in [-0.25, -0.2) is 9.18 Å². The average Bonchev–Trinajstić information content (AvgIpc) is 2.61. The van der Waals surface area contributed by atoms with Gasteiger partial charge in [0.05, 0.1) is 13.7 Å². The van der Waals surface area contributed by atoms with Gasteiger partial charge in [-0.2, -0.15) is 0 Å². The molecule has 0 aliphatic carbocycles. The van der Waals surface area contributed by atoms with Gasteiger partial charge in [0.2, 0.25) is 0 Å². The Labute approximate surface area is 140 Å². The van der Waals surface area contributed by atoms with E-state index < -0.39 is 0 Å². The zero-order chi connectivity index (χ0) is 17.2. The third-order valence-electron chi connectivity index (χ3n) is 3.29. The van der Waals surface area contributed by atoms with Crippen LogP contribution in [0.15, 0.2) is 48.5 Å². The van der Waals surface area contributed by atoms with E-state index in [2.05, 4.69) is 10.6 Å². The van der Waals surface area contributed by atoms with Crippen LogP contribution in [0.25, 0.3) is 0 Å². The van der Waals surface area contributed by atoms with Crippen molar-refractivity contribution in [3.63, 3.8) is 0 Å². The predicted octanol–water partition coefficient (Wildman–Crippen LogP) is 3.10. The first-order valence-corrected chi connectivity index (χ1v) is 7.71. The minimum absolute atomic E-state index is 0.222. The maximum atomic E-state index is 13.3. The molecule has 0 fully saturated rings. The molecule has 0 aromatic heterocycles. The first-order valence-electron chi connectivity index (χ1n) is 7.71. The Morgan fingerprint density at radius 3 is 2.75 bits per heavy atom. The van der Waals surface area contributed by atoms with Crippen LogP contribution < -0.4 is 20.1 Å². The van der Waals surface area contributed by atoms with Crippen molar-refractivity contribution in [2.24, 2.45) is 0 Å². The third-order valence-corrected chi connectivity index (χ3v) is 3.29. The molecule has 6 heteroatoms. The Bertz CT molecular complexity index is 664. The molecule has 0 atom stereocenters. The van der Waals surface area contributed by atoms with E-state index in [1.54, 1.807) is 25.3 Å². The summed E-state index contributed by atoms with van der Waals surface area (Å²) in [6.07, 6.45) is 0.584. The van der Waals surface area contributed by atoms with Crippen molar-refractivity contribution < 1.29 is 18.7 Å². The fourth-order valence-electron chi connectivity index (χ4n) is 2.05. The number of ether oxygens (including phenoxy) is 2. The fraction of sp³-hybridized carbons (Fsp3) is 0.278. The molecule has 0 unspecified atom stereocenters. The average molecular weight is 332 g/mol. The lowest BCUT2D eigenvalue weighted by Gasteiger charge is -2.09. The van der Waals surface area contributed by atoms with E-state index in [-0.39, 0.29) is 17.6 Å². The van der Waals surface area contributed by atoms with Crippen LogP contribution in [0.4, 0.5) is 9.18 Å². The van der Waals surface area contributed by atoms with E-state index in [1.807, 2.05) is 24.3 Å². The minimum atomic E-state index is -0.388. The van der Waals surface area contributed by atoms with Gasteiger partial charge in [0, 0.05) is 13.1 Å². The Morgan fingerprint density at radius 1 is 1.12 bits per heavy atom. The van der Waals surface area contributed by atoms with Gasteiger partial charge < -0.3 is 20.1 Å². The number of amides is 2. The molecule has 2 aromatic carbocycles. The van der Waals surface area contributed by atoms with E-state index in [1.165, 1.54) is 6.07 Å². The van der Waals surface area contributed by atoms with Gasteiger partial charge in [-0.05, 0) is 36.2 Å². The van der Waals surface area contributed by atoms with Crippen LogP contribution in [-0.2, 0) is 6.54 Å². The van der Waals surface area contributed by atoms with Crippen LogP contribution in [0.5, 0.6) is 11.5 Å². The van der Waals surface area contributed by atoms with Crippen molar-refractivity contribution >= 4 is 6.03 Å². The first kappa shape index (κ1) is 17.6. The van der Waals surface area contributed by atoms with Crippen LogP contribution >= 0.6 is 0 Å². The summed E-state index contributed by atoms with van der Waals surface area (Å²) in [5, 5.41) is 5.49. The second-order valence-corrected chi connectivity index (χ2v) is 5.09. The molecular weight excluding hydrogens is 311 g/mol. The number of hydrogen-bond donors (Lipinski definition) is 2. The Morgan fingerprint density at radius 2 is 1.96 bits per heavy atom. The van der Waals surface area contributed by atoms with Crippen LogP contribution in [0.3, 0.4) is 0 Å². The smallest absolute Gasteiger partial charge is 0.315 e. The molecule has 0 saturated carbocycles. The lowest BCUT2D eigenvalue weighted by Crippen LogP contribution is -2.36. The molecule has 2 rings (SSSR count). The van der Waals surface area contributed by atoms with E-state index in [4.69, 9.17) is 9.47 Å². The highest BCUT2D eigenvalue weighted by molar-refractivity contribution is 5.73. The molecule has 0 saturated heterocycles. The van der Waals surface area contributed by atoms with Crippen molar-refractivity contribution in [1.29, 1.82) is 0 Å². The molecule has 5 nitrogen and oxygen atoms in total. The number of carbonyl (C=O) groups is 1. The maximum Gasteiger partial charge on any atom is 0.315 e. The molecular formula is C18H21FN2O3. The molecule has 2 N–H and O–H groups in total. The summed E-state index contributed by atoms with van der Waals surface area (Å²) in [5.74, 6) is 0.585. The third kappa shape index (κ3) is 5.79. The first-order chi connectivity index (χ1) is 11.7. The summed E-state index contributed by atoms with van der Waals surface area (Å²) >= 11 is 0. The van der Waals surface area contributed by atoms with Crippen LogP contribution in [0.1, 0.15) is 12.0 Å². The fourth-order valence-corrected chi connectivity index (χ4v) is 2.05. The number of hydrogen-bond acceptors (Lipinski definition) is 3. The standard InChI is InChI=1S/C18H21FN2O3/c1-23-15-7-4-6-14(12-15)13-21-18(22)20-10-5-11-24-17-9-3-2-8-16(17)19/h2-4,6-9,12H,5,10-11,13H2,1H3,(H2,20,21,22). The minimum Gasteiger partial charge on any atom is -0.497 e. The molecule has 0 radical (unpaired) electrons. The highest BCUT2D eigenvalue weighted by Gasteiger charge is 2.03. The maximum absolute atomic E-state index is 13.3. The number of carbonyl (C=O) groups excluding carboxylic acids is 1. The van der Waals surface area contributed by atoms with E-state index >= 15 is 0 Å². The van der Waals surface area contributed by atoms with Crippen LogP contribution in [0.2, 0.25) is 0 Å². The van der Waals surface area contributed by atoms with Crippen molar-refractivity contribution in [1.82, 2.24) is 10.6 Å². The van der Waals surface area contributed by atoms with Gasteiger partial charge >= 0.3 is 6.03 Å². The largest absolute Gasteiger partial charge is 0.497 e. The molecule has 0 aliphatic heterocycles. The monoisotopic (exact) mass is 332 g/mol. The number of benzene rings is 2. The van der Waals surface area contributed by atoms with Gasteiger partial charge in [-0.15, -0.1) is 0 Å². The lowest BCUT2D eigenvalue weighted by molar-refractivity contribution is 0.238. The van der Waals surface area contributed by atoms with Crippen molar-refractivity contribution in [2.45, 2.75) is 13.0 Å². The number of rotatable bonds is 8. The number of urea groups is 1. The Hall–Kier alpha value is -2.76. The normalized spacial score (nSPS) is 10.1. The lowest BCUT2D eigenvalue weighted by atomic mass is 10.2. The molecule has 24 heavy (non-hydrogen) atoms. The molecule has 128 valence electrons. The summed E-state index contributed by atoms with van der Waals surface area (Å²) in [5.41, 5.74) is 0.951. The number of para-hydroxylation sites is 1. The SMILES string of the molecule is COc1cccc(CNC(=O)NCCCOc2ccccc2F)c1. The number of methoxy groups -OCH3 is 1.